The molecule has 2 N–H and O–H groups in total. The highest BCUT2D eigenvalue weighted by atomic mass is 32.2. The van der Waals surface area contributed by atoms with Gasteiger partial charge >= 0.3 is 6.18 Å². The Bertz CT molecular complexity index is 548. The molecule has 0 aliphatic heterocycles. The highest BCUT2D eigenvalue weighted by Crippen LogP contribution is 2.16. The molecule has 4 nitrogen and oxygen atoms in total. The molecule has 146 valence electrons. The summed E-state index contributed by atoms with van der Waals surface area (Å²) in [6, 6.07) is 7.21. The van der Waals surface area contributed by atoms with Crippen molar-refractivity contribution in [3.8, 4) is 0 Å². The van der Waals surface area contributed by atoms with Gasteiger partial charge in [-0.15, -0.1) is 6.58 Å². The lowest BCUT2D eigenvalue weighted by atomic mass is 10.1. The van der Waals surface area contributed by atoms with Gasteiger partial charge in [0.2, 0.25) is 0 Å². The summed E-state index contributed by atoms with van der Waals surface area (Å²) >= 11 is 1.79. The van der Waals surface area contributed by atoms with E-state index in [1.807, 2.05) is 25.1 Å². The number of nitrogens with zero attached hydrogens (tertiary/aromatic N) is 1. The zero-order valence-corrected chi connectivity index (χ0v) is 15.8. The molecule has 0 radical (unpaired) electrons. The minimum atomic E-state index is -4.30. The van der Waals surface area contributed by atoms with Gasteiger partial charge in [0.05, 0.1) is 13.2 Å². The molecule has 1 rings (SSSR count). The Morgan fingerprint density at radius 1 is 1.23 bits per heavy atom. The normalized spacial score (nSPS) is 12.1. The van der Waals surface area contributed by atoms with Crippen LogP contribution in [0.5, 0.6) is 0 Å². The monoisotopic (exact) mass is 389 g/mol. The van der Waals surface area contributed by atoms with Crippen LogP contribution in [0.1, 0.15) is 18.1 Å². The maximum atomic E-state index is 12.1. The summed E-state index contributed by atoms with van der Waals surface area (Å²) < 4.78 is 40.8. The smallest absolute Gasteiger partial charge is 0.367 e. The molecule has 0 saturated heterocycles. The molecule has 1 aromatic carbocycles. The second-order valence-corrected chi connectivity index (χ2v) is 6.56. The van der Waals surface area contributed by atoms with Crippen molar-refractivity contribution in [2.75, 3.05) is 31.2 Å². The van der Waals surface area contributed by atoms with Gasteiger partial charge in [-0.3, -0.25) is 0 Å². The van der Waals surface area contributed by atoms with Gasteiger partial charge in [-0.2, -0.15) is 24.9 Å². The Kier molecular flexibility index (Phi) is 10.9. The number of benzene rings is 1. The summed E-state index contributed by atoms with van der Waals surface area (Å²) in [5.74, 6) is 2.63. The third-order valence-corrected chi connectivity index (χ3v) is 4.06. The molecule has 0 aromatic heterocycles. The Morgan fingerprint density at radius 3 is 2.54 bits per heavy atom. The molecule has 26 heavy (non-hydrogen) atoms. The molecule has 0 aliphatic carbocycles. The van der Waals surface area contributed by atoms with Crippen LogP contribution in [0.25, 0.3) is 0 Å². The van der Waals surface area contributed by atoms with Crippen LogP contribution < -0.4 is 10.6 Å². The third-order valence-electron chi connectivity index (χ3n) is 3.10. The van der Waals surface area contributed by atoms with Gasteiger partial charge in [-0.05, 0) is 18.1 Å². The quantitative estimate of drug-likeness (QED) is 0.262. The van der Waals surface area contributed by atoms with Crippen LogP contribution in [-0.2, 0) is 17.9 Å². The van der Waals surface area contributed by atoms with Crippen molar-refractivity contribution in [2.45, 2.75) is 26.3 Å². The van der Waals surface area contributed by atoms with Gasteiger partial charge in [-0.25, -0.2) is 4.99 Å². The topological polar surface area (TPSA) is 45.7 Å². The summed E-state index contributed by atoms with van der Waals surface area (Å²) in [7, 11) is 0. The lowest BCUT2D eigenvalue weighted by molar-refractivity contribution is -0.176. The fourth-order valence-electron chi connectivity index (χ4n) is 1.95. The number of guanidine groups is 1. The first-order chi connectivity index (χ1) is 12.4. The molecule has 0 saturated carbocycles. The third kappa shape index (κ3) is 11.0. The minimum Gasteiger partial charge on any atom is -0.367 e. The molecule has 0 amide bonds. The number of ether oxygens (including phenoxy) is 1. The Morgan fingerprint density at radius 2 is 1.92 bits per heavy atom. The van der Waals surface area contributed by atoms with E-state index in [1.165, 1.54) is 0 Å². The van der Waals surface area contributed by atoms with E-state index in [9.17, 15) is 13.2 Å². The SMILES string of the molecule is C=CCSCCNC(=NCc1ccc(COCC(F)(F)F)cc1)NCC. The predicted octanol–water partition coefficient (Wildman–Crippen LogP) is 3.74. The summed E-state index contributed by atoms with van der Waals surface area (Å²) in [4.78, 5) is 4.51. The van der Waals surface area contributed by atoms with E-state index >= 15 is 0 Å². The second-order valence-electron chi connectivity index (χ2n) is 5.41. The van der Waals surface area contributed by atoms with Gasteiger partial charge in [0.1, 0.15) is 6.61 Å². The van der Waals surface area contributed by atoms with Crippen molar-refractivity contribution in [2.24, 2.45) is 4.99 Å². The van der Waals surface area contributed by atoms with Crippen LogP contribution in [0.15, 0.2) is 41.9 Å². The maximum Gasteiger partial charge on any atom is 0.411 e. The molecule has 1 aromatic rings. The first-order valence-electron chi connectivity index (χ1n) is 8.37. The van der Waals surface area contributed by atoms with Gasteiger partial charge in [0, 0.05) is 24.6 Å². The predicted molar refractivity (Wildman–Crippen MR) is 102 cm³/mol. The van der Waals surface area contributed by atoms with Crippen molar-refractivity contribution >= 4 is 17.7 Å². The Balaban J connectivity index is 2.43. The van der Waals surface area contributed by atoms with E-state index in [-0.39, 0.29) is 6.61 Å². The first kappa shape index (κ1) is 22.4. The van der Waals surface area contributed by atoms with Crippen LogP contribution in [-0.4, -0.2) is 43.3 Å². The van der Waals surface area contributed by atoms with E-state index < -0.39 is 12.8 Å². The summed E-state index contributed by atoms with van der Waals surface area (Å²) in [6.45, 7) is 6.44. The van der Waals surface area contributed by atoms with Crippen LogP contribution >= 0.6 is 11.8 Å². The molecular formula is C18H26F3N3OS. The fraction of sp³-hybridized carbons (Fsp3) is 0.500. The van der Waals surface area contributed by atoms with Crippen molar-refractivity contribution in [3.63, 3.8) is 0 Å². The molecule has 8 heteroatoms. The van der Waals surface area contributed by atoms with Gasteiger partial charge in [0.25, 0.3) is 0 Å². The average molecular weight is 389 g/mol. The van der Waals surface area contributed by atoms with Gasteiger partial charge in [0.15, 0.2) is 5.96 Å². The number of hydrogen-bond acceptors (Lipinski definition) is 3. The van der Waals surface area contributed by atoms with Crippen LogP contribution in [0.2, 0.25) is 0 Å². The molecule has 0 spiro atoms. The summed E-state index contributed by atoms with van der Waals surface area (Å²) in [5.41, 5.74) is 1.68. The molecule has 0 atom stereocenters. The number of rotatable bonds is 11. The number of alkyl halides is 3. The van der Waals surface area contributed by atoms with E-state index in [4.69, 9.17) is 0 Å². The van der Waals surface area contributed by atoms with Crippen LogP contribution in [0, 0.1) is 0 Å². The van der Waals surface area contributed by atoms with Crippen molar-refractivity contribution in [3.05, 3.63) is 48.0 Å². The van der Waals surface area contributed by atoms with E-state index in [1.54, 1.807) is 23.9 Å². The molecular weight excluding hydrogens is 363 g/mol. The number of thioether (sulfide) groups is 1. The summed E-state index contributed by atoms with van der Waals surface area (Å²) in [5, 5.41) is 6.44. The second kappa shape index (κ2) is 12.6. The number of aliphatic imine (C=N–C) groups is 1. The van der Waals surface area contributed by atoms with Gasteiger partial charge in [-0.1, -0.05) is 30.3 Å². The van der Waals surface area contributed by atoms with E-state index in [0.29, 0.717) is 12.1 Å². The maximum absolute atomic E-state index is 12.1. The Labute approximate surface area is 157 Å². The zero-order valence-electron chi connectivity index (χ0n) is 14.9. The van der Waals surface area contributed by atoms with Gasteiger partial charge < -0.3 is 15.4 Å². The van der Waals surface area contributed by atoms with E-state index in [0.717, 1.165) is 36.1 Å². The number of nitrogens with one attached hydrogen (secondary N) is 2. The summed E-state index contributed by atoms with van der Waals surface area (Å²) in [6.07, 6.45) is -2.42. The molecule has 0 aliphatic rings. The lowest BCUT2D eigenvalue weighted by Crippen LogP contribution is -2.38. The average Bonchev–Trinajstić information content (AvgIpc) is 2.59. The first-order valence-corrected chi connectivity index (χ1v) is 9.53. The molecule has 0 fully saturated rings. The molecule has 0 unspecified atom stereocenters. The zero-order chi connectivity index (χ0) is 19.3. The number of halogens is 3. The van der Waals surface area contributed by atoms with Crippen molar-refractivity contribution in [1.82, 2.24) is 10.6 Å². The Hall–Kier alpha value is -1.67. The molecule has 0 heterocycles. The van der Waals surface area contributed by atoms with Crippen molar-refractivity contribution in [1.29, 1.82) is 0 Å². The number of hydrogen-bond donors (Lipinski definition) is 2. The van der Waals surface area contributed by atoms with Crippen molar-refractivity contribution < 1.29 is 17.9 Å². The van der Waals surface area contributed by atoms with Crippen LogP contribution in [0.3, 0.4) is 0 Å². The molecule has 0 bridgehead atoms. The lowest BCUT2D eigenvalue weighted by Gasteiger charge is -2.11. The highest BCUT2D eigenvalue weighted by molar-refractivity contribution is 7.99. The fourth-order valence-corrected chi connectivity index (χ4v) is 2.53. The minimum absolute atomic E-state index is 0.0599. The largest absolute Gasteiger partial charge is 0.411 e. The van der Waals surface area contributed by atoms with E-state index in [2.05, 4.69) is 26.9 Å². The van der Waals surface area contributed by atoms with Crippen LogP contribution in [0.4, 0.5) is 13.2 Å². The standard InChI is InChI=1S/C18H26F3N3OS/c1-3-10-26-11-9-23-17(22-4-2)24-12-15-5-7-16(8-6-15)13-25-14-18(19,20)21/h3,5-8H,1,4,9-14H2,2H3,(H2,22,23,24). The highest BCUT2D eigenvalue weighted by Gasteiger charge is 2.27.